The number of aromatic nitrogens is 2. The minimum absolute atomic E-state index is 0.360. The molecule has 0 saturated heterocycles. The van der Waals surface area contributed by atoms with Crippen LogP contribution in [0.4, 0.5) is 0 Å². The molecular weight excluding hydrogens is 260 g/mol. The van der Waals surface area contributed by atoms with Gasteiger partial charge < -0.3 is 4.52 Å². The van der Waals surface area contributed by atoms with Crippen LogP contribution in [0.5, 0.6) is 0 Å². The lowest BCUT2D eigenvalue weighted by Gasteiger charge is -2.04. The molecule has 1 aliphatic rings. The van der Waals surface area contributed by atoms with Gasteiger partial charge in [0.15, 0.2) is 5.82 Å². The number of benzene rings is 1. The molecule has 3 nitrogen and oxygen atoms in total. The van der Waals surface area contributed by atoms with E-state index in [4.69, 9.17) is 16.1 Å². The maximum atomic E-state index is 6.38. The van der Waals surface area contributed by atoms with Gasteiger partial charge in [-0.25, -0.2) is 0 Å². The minimum atomic E-state index is -0.360. The van der Waals surface area contributed by atoms with E-state index in [0.29, 0.717) is 11.8 Å². The number of hydrogen-bond donors (Lipinski definition) is 0. The third kappa shape index (κ3) is 2.66. The summed E-state index contributed by atoms with van der Waals surface area (Å²) in [7, 11) is 0. The van der Waals surface area contributed by atoms with Gasteiger partial charge in [-0.15, -0.1) is 11.6 Å². The molecule has 1 aliphatic carbocycles. The van der Waals surface area contributed by atoms with E-state index in [1.165, 1.54) is 6.42 Å². The largest absolute Gasteiger partial charge is 0.337 e. The zero-order valence-electron chi connectivity index (χ0n) is 10.9. The van der Waals surface area contributed by atoms with Gasteiger partial charge in [-0.2, -0.15) is 4.98 Å². The molecule has 3 rings (SSSR count). The molecule has 1 fully saturated rings. The van der Waals surface area contributed by atoms with Crippen molar-refractivity contribution in [2.24, 2.45) is 5.92 Å². The van der Waals surface area contributed by atoms with Gasteiger partial charge in [-0.3, -0.25) is 0 Å². The summed E-state index contributed by atoms with van der Waals surface area (Å²) in [5.41, 5.74) is 0.985. The highest BCUT2D eigenvalue weighted by molar-refractivity contribution is 6.22. The molecule has 100 valence electrons. The van der Waals surface area contributed by atoms with E-state index < -0.39 is 0 Å². The van der Waals surface area contributed by atoms with E-state index in [1.54, 1.807) is 0 Å². The smallest absolute Gasteiger partial charge is 0.249 e. The molecule has 0 spiro atoms. The van der Waals surface area contributed by atoms with Crippen LogP contribution >= 0.6 is 11.6 Å². The van der Waals surface area contributed by atoms with Crippen LogP contribution < -0.4 is 0 Å². The Bertz CT molecular complexity index is 540. The molecule has 1 aromatic carbocycles. The molecule has 0 radical (unpaired) electrons. The predicted octanol–water partition coefficient (Wildman–Crippen LogP) is 4.30. The average Bonchev–Trinajstić information content (AvgIpc) is 3.07. The molecule has 0 bridgehead atoms. The van der Waals surface area contributed by atoms with Crippen LogP contribution in [0, 0.1) is 5.92 Å². The van der Waals surface area contributed by atoms with E-state index in [9.17, 15) is 0 Å². The molecule has 19 heavy (non-hydrogen) atoms. The first-order valence-electron chi connectivity index (χ1n) is 6.76. The van der Waals surface area contributed by atoms with Crippen molar-refractivity contribution in [3.63, 3.8) is 0 Å². The van der Waals surface area contributed by atoms with Crippen LogP contribution in [-0.2, 0) is 0 Å². The monoisotopic (exact) mass is 276 g/mol. The zero-order valence-corrected chi connectivity index (χ0v) is 11.7. The van der Waals surface area contributed by atoms with Gasteiger partial charge in [0.05, 0.1) is 0 Å². The Morgan fingerprint density at radius 1 is 1.26 bits per heavy atom. The van der Waals surface area contributed by atoms with Gasteiger partial charge in [-0.05, 0) is 30.7 Å². The van der Waals surface area contributed by atoms with E-state index in [1.807, 2.05) is 30.3 Å². The SMILES string of the molecule is CC1CCC(c2noc(C(Cl)c3ccccc3)n2)C1. The maximum absolute atomic E-state index is 6.38. The van der Waals surface area contributed by atoms with E-state index in [2.05, 4.69) is 17.1 Å². The second kappa shape index (κ2) is 5.33. The molecule has 1 heterocycles. The summed E-state index contributed by atoms with van der Waals surface area (Å²) in [4.78, 5) is 4.49. The summed E-state index contributed by atoms with van der Waals surface area (Å²) in [5.74, 6) is 2.52. The second-order valence-corrected chi connectivity index (χ2v) is 5.82. The first-order chi connectivity index (χ1) is 9.24. The van der Waals surface area contributed by atoms with Crippen molar-refractivity contribution < 1.29 is 4.52 Å². The highest BCUT2D eigenvalue weighted by Gasteiger charge is 2.28. The van der Waals surface area contributed by atoms with Gasteiger partial charge in [0, 0.05) is 5.92 Å². The predicted molar refractivity (Wildman–Crippen MR) is 74.2 cm³/mol. The fourth-order valence-corrected chi connectivity index (χ4v) is 2.96. The summed E-state index contributed by atoms with van der Waals surface area (Å²) in [6, 6.07) is 9.83. The molecule has 2 aromatic rings. The Balaban J connectivity index is 1.78. The average molecular weight is 277 g/mol. The van der Waals surface area contributed by atoms with E-state index >= 15 is 0 Å². The zero-order chi connectivity index (χ0) is 13.2. The molecule has 3 atom stereocenters. The standard InChI is InChI=1S/C15H17ClN2O/c1-10-7-8-12(9-10)14-17-15(19-18-14)13(16)11-5-3-2-4-6-11/h2-6,10,12-13H,7-9H2,1H3. The molecule has 1 saturated carbocycles. The lowest BCUT2D eigenvalue weighted by molar-refractivity contribution is 0.372. The summed E-state index contributed by atoms with van der Waals surface area (Å²) in [5, 5.41) is 3.75. The van der Waals surface area contributed by atoms with Gasteiger partial charge in [0.2, 0.25) is 5.89 Å². The molecule has 3 unspecified atom stereocenters. The molecule has 0 aliphatic heterocycles. The topological polar surface area (TPSA) is 38.9 Å². The van der Waals surface area contributed by atoms with Gasteiger partial charge >= 0.3 is 0 Å². The van der Waals surface area contributed by atoms with Crippen LogP contribution in [0.3, 0.4) is 0 Å². The Hall–Kier alpha value is -1.35. The van der Waals surface area contributed by atoms with Crippen LogP contribution in [0.1, 0.15) is 54.8 Å². The first-order valence-corrected chi connectivity index (χ1v) is 7.20. The molecule has 1 aromatic heterocycles. The Kier molecular flexibility index (Phi) is 3.56. The third-order valence-electron chi connectivity index (χ3n) is 3.83. The normalized spacial score (nSPS) is 24.5. The van der Waals surface area contributed by atoms with Crippen molar-refractivity contribution in [2.45, 2.75) is 37.5 Å². The van der Waals surface area contributed by atoms with Crippen LogP contribution in [0.2, 0.25) is 0 Å². The molecule has 0 N–H and O–H groups in total. The fraction of sp³-hybridized carbons (Fsp3) is 0.467. The van der Waals surface area contributed by atoms with Crippen molar-refractivity contribution in [2.75, 3.05) is 0 Å². The summed E-state index contributed by atoms with van der Waals surface area (Å²) in [6.45, 7) is 2.27. The molecular formula is C15H17ClN2O. The number of nitrogens with zero attached hydrogens (tertiary/aromatic N) is 2. The van der Waals surface area contributed by atoms with Crippen LogP contribution in [0.15, 0.2) is 34.9 Å². The van der Waals surface area contributed by atoms with Crippen molar-refractivity contribution in [3.8, 4) is 0 Å². The summed E-state index contributed by atoms with van der Waals surface area (Å²) < 4.78 is 5.34. The van der Waals surface area contributed by atoms with Crippen molar-refractivity contribution in [3.05, 3.63) is 47.6 Å². The quantitative estimate of drug-likeness (QED) is 0.785. The second-order valence-electron chi connectivity index (χ2n) is 5.38. The highest BCUT2D eigenvalue weighted by atomic mass is 35.5. The molecule has 0 amide bonds. The summed E-state index contributed by atoms with van der Waals surface area (Å²) >= 11 is 6.38. The Labute approximate surface area is 118 Å². The number of hydrogen-bond acceptors (Lipinski definition) is 3. The highest BCUT2D eigenvalue weighted by Crippen LogP contribution is 2.37. The van der Waals surface area contributed by atoms with Crippen molar-refractivity contribution in [1.29, 1.82) is 0 Å². The minimum Gasteiger partial charge on any atom is -0.337 e. The van der Waals surface area contributed by atoms with Gasteiger partial charge in [-0.1, -0.05) is 42.4 Å². The maximum Gasteiger partial charge on any atom is 0.249 e. The van der Waals surface area contributed by atoms with Crippen LogP contribution in [-0.4, -0.2) is 10.1 Å². The lowest BCUT2D eigenvalue weighted by atomic mass is 10.1. The molecule has 4 heteroatoms. The van der Waals surface area contributed by atoms with Crippen molar-refractivity contribution >= 4 is 11.6 Å². The van der Waals surface area contributed by atoms with Crippen molar-refractivity contribution in [1.82, 2.24) is 10.1 Å². The Morgan fingerprint density at radius 2 is 2.05 bits per heavy atom. The fourth-order valence-electron chi connectivity index (χ4n) is 2.72. The summed E-state index contributed by atoms with van der Waals surface area (Å²) in [6.07, 6.45) is 3.55. The number of rotatable bonds is 3. The Morgan fingerprint density at radius 3 is 2.74 bits per heavy atom. The van der Waals surface area contributed by atoms with E-state index in [0.717, 1.165) is 30.1 Å². The van der Waals surface area contributed by atoms with Gasteiger partial charge in [0.25, 0.3) is 0 Å². The number of alkyl halides is 1. The van der Waals surface area contributed by atoms with Gasteiger partial charge in [0.1, 0.15) is 5.38 Å². The third-order valence-corrected chi connectivity index (χ3v) is 4.27. The number of halogens is 1. The first kappa shape index (κ1) is 12.7. The van der Waals surface area contributed by atoms with Crippen LogP contribution in [0.25, 0.3) is 0 Å². The van der Waals surface area contributed by atoms with E-state index in [-0.39, 0.29) is 5.38 Å². The lowest BCUT2D eigenvalue weighted by Crippen LogP contribution is -1.98.